The number of nitro benzene ring substituents is 1. The van der Waals surface area contributed by atoms with Crippen molar-refractivity contribution in [3.63, 3.8) is 0 Å². The lowest BCUT2D eigenvalue weighted by atomic mass is 10.1. The maximum absolute atomic E-state index is 11.0. The maximum atomic E-state index is 11.0. The van der Waals surface area contributed by atoms with E-state index in [1.807, 2.05) is 13.8 Å². The Hall–Kier alpha value is -1.82. The molecule has 6 nitrogen and oxygen atoms in total. The fourth-order valence-corrected chi connectivity index (χ4v) is 1.57. The van der Waals surface area contributed by atoms with Crippen LogP contribution in [0.5, 0.6) is 11.5 Å². The van der Waals surface area contributed by atoms with Crippen LogP contribution in [0.3, 0.4) is 0 Å². The van der Waals surface area contributed by atoms with Crippen molar-refractivity contribution in [1.29, 1.82) is 0 Å². The van der Waals surface area contributed by atoms with Gasteiger partial charge in [0.25, 0.3) is 0 Å². The molecule has 0 radical (unpaired) electrons. The first-order valence-electron chi connectivity index (χ1n) is 6.41. The van der Waals surface area contributed by atoms with Gasteiger partial charge in [-0.15, -0.1) is 0 Å². The second-order valence-electron chi connectivity index (χ2n) is 4.09. The van der Waals surface area contributed by atoms with Crippen LogP contribution in [-0.4, -0.2) is 18.1 Å². The van der Waals surface area contributed by atoms with Gasteiger partial charge >= 0.3 is 5.69 Å². The Kier molecular flexibility index (Phi) is 6.08. The van der Waals surface area contributed by atoms with Crippen LogP contribution in [0.1, 0.15) is 32.3 Å². The molecule has 1 rings (SSSR count). The number of nitro groups is 1. The Morgan fingerprint density at radius 3 is 2.21 bits per heavy atom. The summed E-state index contributed by atoms with van der Waals surface area (Å²) in [5.74, 6) is 0.788. The fourth-order valence-electron chi connectivity index (χ4n) is 1.57. The number of nitrogens with zero attached hydrogens (tertiary/aromatic N) is 1. The molecule has 0 atom stereocenters. The Morgan fingerprint density at radius 2 is 1.74 bits per heavy atom. The van der Waals surface area contributed by atoms with Gasteiger partial charge in [0.2, 0.25) is 5.75 Å². The average Bonchev–Trinajstić information content (AvgIpc) is 2.42. The SMILES string of the molecule is CCCOc1cc(OCCC)c([N+](=O)[O-])cc1CN. The highest BCUT2D eigenvalue weighted by Crippen LogP contribution is 2.34. The molecule has 1 aromatic rings. The van der Waals surface area contributed by atoms with Gasteiger partial charge in [-0.25, -0.2) is 0 Å². The van der Waals surface area contributed by atoms with E-state index in [1.165, 1.54) is 6.07 Å². The molecule has 6 heteroatoms. The van der Waals surface area contributed by atoms with E-state index in [9.17, 15) is 10.1 Å². The zero-order chi connectivity index (χ0) is 14.3. The zero-order valence-corrected chi connectivity index (χ0v) is 11.3. The van der Waals surface area contributed by atoms with E-state index < -0.39 is 4.92 Å². The van der Waals surface area contributed by atoms with E-state index >= 15 is 0 Å². The first kappa shape index (κ1) is 15.2. The highest BCUT2D eigenvalue weighted by atomic mass is 16.6. The first-order valence-corrected chi connectivity index (χ1v) is 6.41. The summed E-state index contributed by atoms with van der Waals surface area (Å²) in [6.45, 7) is 5.08. The molecule has 19 heavy (non-hydrogen) atoms. The lowest BCUT2D eigenvalue weighted by Gasteiger charge is -2.12. The average molecular weight is 268 g/mol. The van der Waals surface area contributed by atoms with Gasteiger partial charge in [-0.05, 0) is 12.8 Å². The van der Waals surface area contributed by atoms with Crippen molar-refractivity contribution in [2.24, 2.45) is 5.73 Å². The van der Waals surface area contributed by atoms with Crippen molar-refractivity contribution in [2.45, 2.75) is 33.2 Å². The summed E-state index contributed by atoms with van der Waals surface area (Å²) in [7, 11) is 0. The Bertz CT molecular complexity index is 435. The van der Waals surface area contributed by atoms with Crippen LogP contribution in [0.25, 0.3) is 0 Å². The van der Waals surface area contributed by atoms with E-state index in [0.717, 1.165) is 12.8 Å². The summed E-state index contributed by atoms with van der Waals surface area (Å²) in [5, 5.41) is 11.0. The predicted octanol–water partition coefficient (Wildman–Crippen LogP) is 2.63. The van der Waals surface area contributed by atoms with Gasteiger partial charge in [-0.1, -0.05) is 13.8 Å². The van der Waals surface area contributed by atoms with Crippen molar-refractivity contribution in [3.05, 3.63) is 27.8 Å². The van der Waals surface area contributed by atoms with Crippen LogP contribution < -0.4 is 15.2 Å². The molecule has 0 aliphatic heterocycles. The van der Waals surface area contributed by atoms with Gasteiger partial charge in [-0.3, -0.25) is 10.1 Å². The number of hydrogen-bond donors (Lipinski definition) is 1. The lowest BCUT2D eigenvalue weighted by molar-refractivity contribution is -0.385. The largest absolute Gasteiger partial charge is 0.493 e. The minimum Gasteiger partial charge on any atom is -0.493 e. The summed E-state index contributed by atoms with van der Waals surface area (Å²) >= 11 is 0. The molecule has 2 N–H and O–H groups in total. The van der Waals surface area contributed by atoms with Gasteiger partial charge in [-0.2, -0.15) is 0 Å². The minimum atomic E-state index is -0.465. The second-order valence-corrected chi connectivity index (χ2v) is 4.09. The van der Waals surface area contributed by atoms with Crippen molar-refractivity contribution >= 4 is 5.69 Å². The van der Waals surface area contributed by atoms with Gasteiger partial charge < -0.3 is 15.2 Å². The van der Waals surface area contributed by atoms with Gasteiger partial charge in [0.1, 0.15) is 5.75 Å². The number of ether oxygens (including phenoxy) is 2. The lowest BCUT2D eigenvalue weighted by Crippen LogP contribution is -2.06. The monoisotopic (exact) mass is 268 g/mol. The summed E-state index contributed by atoms with van der Waals surface area (Å²) in [5.41, 5.74) is 6.14. The third-order valence-electron chi connectivity index (χ3n) is 2.48. The van der Waals surface area contributed by atoms with Crippen molar-refractivity contribution in [2.75, 3.05) is 13.2 Å². The molecule has 0 saturated heterocycles. The maximum Gasteiger partial charge on any atom is 0.311 e. The molecule has 0 fully saturated rings. The number of hydrogen-bond acceptors (Lipinski definition) is 5. The zero-order valence-electron chi connectivity index (χ0n) is 11.3. The molecule has 0 aromatic heterocycles. The van der Waals surface area contributed by atoms with Crippen molar-refractivity contribution < 1.29 is 14.4 Å². The Labute approximate surface area is 112 Å². The Balaban J connectivity index is 3.13. The number of rotatable bonds is 8. The van der Waals surface area contributed by atoms with Crippen molar-refractivity contribution in [3.8, 4) is 11.5 Å². The normalized spacial score (nSPS) is 10.3. The van der Waals surface area contributed by atoms with Crippen LogP contribution in [0, 0.1) is 10.1 Å². The van der Waals surface area contributed by atoms with E-state index in [0.29, 0.717) is 24.5 Å². The number of nitrogens with two attached hydrogens (primary N) is 1. The molecule has 0 bridgehead atoms. The summed E-state index contributed by atoms with van der Waals surface area (Å²) < 4.78 is 11.0. The molecule has 0 amide bonds. The summed E-state index contributed by atoms with van der Waals surface area (Å²) in [6, 6.07) is 2.99. The fraction of sp³-hybridized carbons (Fsp3) is 0.538. The smallest absolute Gasteiger partial charge is 0.311 e. The molecule has 0 saturated carbocycles. The molecular formula is C13H20N2O4. The topological polar surface area (TPSA) is 87.6 Å². The standard InChI is InChI=1S/C13H20N2O4/c1-3-5-18-12-8-13(19-6-4-2)11(15(16)17)7-10(12)9-14/h7-8H,3-6,9,14H2,1-2H3. The van der Waals surface area contributed by atoms with E-state index in [2.05, 4.69) is 0 Å². The molecule has 0 aliphatic carbocycles. The molecular weight excluding hydrogens is 248 g/mol. The summed E-state index contributed by atoms with van der Waals surface area (Å²) in [4.78, 5) is 10.6. The van der Waals surface area contributed by atoms with E-state index in [4.69, 9.17) is 15.2 Å². The van der Waals surface area contributed by atoms with E-state index in [-0.39, 0.29) is 18.0 Å². The first-order chi connectivity index (χ1) is 9.13. The Morgan fingerprint density at radius 1 is 1.16 bits per heavy atom. The number of benzene rings is 1. The predicted molar refractivity (Wildman–Crippen MR) is 72.6 cm³/mol. The molecule has 0 aliphatic rings. The third kappa shape index (κ3) is 4.10. The van der Waals surface area contributed by atoms with Crippen LogP contribution >= 0.6 is 0 Å². The second kappa shape index (κ2) is 7.58. The molecule has 0 heterocycles. The molecule has 0 unspecified atom stereocenters. The quantitative estimate of drug-likeness (QED) is 0.578. The van der Waals surface area contributed by atoms with Crippen LogP contribution in [0.4, 0.5) is 5.69 Å². The minimum absolute atomic E-state index is 0.0715. The van der Waals surface area contributed by atoms with Gasteiger partial charge in [0, 0.05) is 24.2 Å². The van der Waals surface area contributed by atoms with Crippen LogP contribution in [0.2, 0.25) is 0 Å². The van der Waals surface area contributed by atoms with Crippen LogP contribution in [0.15, 0.2) is 12.1 Å². The van der Waals surface area contributed by atoms with Gasteiger partial charge in [0.05, 0.1) is 18.1 Å². The summed E-state index contributed by atoms with van der Waals surface area (Å²) in [6.07, 6.45) is 1.63. The van der Waals surface area contributed by atoms with E-state index in [1.54, 1.807) is 6.07 Å². The van der Waals surface area contributed by atoms with Crippen molar-refractivity contribution in [1.82, 2.24) is 0 Å². The third-order valence-corrected chi connectivity index (χ3v) is 2.48. The molecule has 106 valence electrons. The molecule has 0 spiro atoms. The van der Waals surface area contributed by atoms with Gasteiger partial charge in [0.15, 0.2) is 0 Å². The highest BCUT2D eigenvalue weighted by Gasteiger charge is 2.19. The highest BCUT2D eigenvalue weighted by molar-refractivity contribution is 5.55. The van der Waals surface area contributed by atoms with Crippen LogP contribution in [-0.2, 0) is 6.54 Å². The molecule has 1 aromatic carbocycles.